The van der Waals surface area contributed by atoms with E-state index < -0.39 is 0 Å². The van der Waals surface area contributed by atoms with E-state index in [-0.39, 0.29) is 24.2 Å². The maximum Gasteiger partial charge on any atom is 0.265 e. The third-order valence-corrected chi connectivity index (χ3v) is 5.23. The minimum absolute atomic E-state index is 0. The molecule has 140 valence electrons. The zero-order chi connectivity index (χ0) is 17.5. The van der Waals surface area contributed by atoms with Gasteiger partial charge in [0.15, 0.2) is 0 Å². The molecule has 0 bridgehead atoms. The summed E-state index contributed by atoms with van der Waals surface area (Å²) in [6.07, 6.45) is 3.44. The molecular formula is C19H24ClN3O2S. The van der Waals surface area contributed by atoms with Crippen molar-refractivity contribution in [2.75, 3.05) is 25.0 Å². The van der Waals surface area contributed by atoms with Crippen LogP contribution in [0.15, 0.2) is 41.8 Å². The Morgan fingerprint density at radius 2 is 2.08 bits per heavy atom. The second-order valence-corrected chi connectivity index (χ2v) is 7.22. The first kappa shape index (κ1) is 20.4. The van der Waals surface area contributed by atoms with Crippen LogP contribution in [-0.2, 0) is 0 Å². The zero-order valence-electron chi connectivity index (χ0n) is 14.5. The largest absolute Gasteiger partial charge is 0.352 e. The van der Waals surface area contributed by atoms with Gasteiger partial charge >= 0.3 is 0 Å². The summed E-state index contributed by atoms with van der Waals surface area (Å²) in [5, 5.41) is 11.1. The molecule has 1 aliphatic heterocycles. The van der Waals surface area contributed by atoms with Crippen LogP contribution in [0.3, 0.4) is 0 Å². The molecule has 1 unspecified atom stereocenters. The molecular weight excluding hydrogens is 370 g/mol. The minimum atomic E-state index is -0.155. The van der Waals surface area contributed by atoms with Gasteiger partial charge in [0, 0.05) is 17.8 Å². The number of nitrogens with one attached hydrogen (secondary N) is 3. The van der Waals surface area contributed by atoms with Crippen LogP contribution < -0.4 is 16.0 Å². The van der Waals surface area contributed by atoms with Gasteiger partial charge in [0.1, 0.15) is 0 Å². The highest BCUT2D eigenvalue weighted by molar-refractivity contribution is 7.12. The summed E-state index contributed by atoms with van der Waals surface area (Å²) in [6.45, 7) is 2.82. The molecule has 2 aromatic rings. The molecule has 1 aromatic carbocycles. The first-order valence-electron chi connectivity index (χ1n) is 8.66. The van der Waals surface area contributed by atoms with Gasteiger partial charge in [-0.3, -0.25) is 9.59 Å². The second-order valence-electron chi connectivity index (χ2n) is 6.27. The Labute approximate surface area is 164 Å². The molecule has 1 aliphatic rings. The van der Waals surface area contributed by atoms with Gasteiger partial charge in [-0.2, -0.15) is 0 Å². The molecule has 1 atom stereocenters. The fourth-order valence-electron chi connectivity index (χ4n) is 3.00. The van der Waals surface area contributed by atoms with E-state index in [1.807, 2.05) is 11.4 Å². The van der Waals surface area contributed by atoms with Crippen LogP contribution in [-0.4, -0.2) is 31.4 Å². The van der Waals surface area contributed by atoms with Crippen molar-refractivity contribution < 1.29 is 9.59 Å². The van der Waals surface area contributed by atoms with Gasteiger partial charge in [-0.05, 0) is 67.9 Å². The number of carbonyl (C=O) groups excluding carboxylic acids is 2. The highest BCUT2D eigenvalue weighted by atomic mass is 35.5. The van der Waals surface area contributed by atoms with E-state index in [1.54, 1.807) is 30.3 Å². The quantitative estimate of drug-likeness (QED) is 0.703. The van der Waals surface area contributed by atoms with E-state index in [0.29, 0.717) is 28.6 Å². The van der Waals surface area contributed by atoms with Crippen molar-refractivity contribution in [3.63, 3.8) is 0 Å². The Balaban J connectivity index is 0.00000243. The summed E-state index contributed by atoms with van der Waals surface area (Å²) in [7, 11) is 0. The number of halogens is 1. The van der Waals surface area contributed by atoms with Crippen LogP contribution in [0.25, 0.3) is 0 Å². The van der Waals surface area contributed by atoms with Crippen molar-refractivity contribution in [2.24, 2.45) is 5.92 Å². The third kappa shape index (κ3) is 5.83. The van der Waals surface area contributed by atoms with Crippen molar-refractivity contribution in [2.45, 2.75) is 19.3 Å². The van der Waals surface area contributed by atoms with Crippen LogP contribution >= 0.6 is 23.7 Å². The SMILES string of the molecule is Cl.O=C(NCCC1CCCNC1)c1cccc(NC(=O)c2cccs2)c1. The van der Waals surface area contributed by atoms with E-state index in [0.717, 1.165) is 19.5 Å². The number of thiophene rings is 1. The highest BCUT2D eigenvalue weighted by Gasteiger charge is 2.14. The van der Waals surface area contributed by atoms with E-state index in [4.69, 9.17) is 0 Å². The number of amides is 2. The fraction of sp³-hybridized carbons (Fsp3) is 0.368. The van der Waals surface area contributed by atoms with Crippen LogP contribution in [0.2, 0.25) is 0 Å². The van der Waals surface area contributed by atoms with Gasteiger partial charge in [-0.1, -0.05) is 12.1 Å². The Kier molecular flexibility index (Phi) is 8.09. The highest BCUT2D eigenvalue weighted by Crippen LogP contribution is 2.16. The molecule has 3 N–H and O–H groups in total. The lowest BCUT2D eigenvalue weighted by Crippen LogP contribution is -2.33. The smallest absolute Gasteiger partial charge is 0.265 e. The third-order valence-electron chi connectivity index (χ3n) is 4.36. The van der Waals surface area contributed by atoms with Gasteiger partial charge < -0.3 is 16.0 Å². The number of rotatable bonds is 6. The monoisotopic (exact) mass is 393 g/mol. The molecule has 2 heterocycles. The second kappa shape index (κ2) is 10.3. The molecule has 1 fully saturated rings. The van der Waals surface area contributed by atoms with Gasteiger partial charge in [0.25, 0.3) is 11.8 Å². The number of benzene rings is 1. The lowest BCUT2D eigenvalue weighted by Gasteiger charge is -2.22. The fourth-order valence-corrected chi connectivity index (χ4v) is 3.62. The lowest BCUT2D eigenvalue weighted by molar-refractivity contribution is 0.0949. The molecule has 26 heavy (non-hydrogen) atoms. The molecule has 1 aromatic heterocycles. The molecule has 3 rings (SSSR count). The Morgan fingerprint density at radius 3 is 2.81 bits per heavy atom. The standard InChI is InChI=1S/C19H23N3O2S.ClH/c23-18(21-10-8-14-4-2-9-20-13-14)15-5-1-6-16(12-15)22-19(24)17-7-3-11-25-17;/h1,3,5-7,11-12,14,20H,2,4,8-10,13H2,(H,21,23)(H,22,24);1H. The van der Waals surface area contributed by atoms with Gasteiger partial charge in [0.05, 0.1) is 4.88 Å². The molecule has 0 saturated carbocycles. The lowest BCUT2D eigenvalue weighted by atomic mass is 9.96. The van der Waals surface area contributed by atoms with Crippen molar-refractivity contribution >= 4 is 41.2 Å². The summed E-state index contributed by atoms with van der Waals surface area (Å²) in [5.41, 5.74) is 1.19. The van der Waals surface area contributed by atoms with Crippen LogP contribution in [0.5, 0.6) is 0 Å². The average molecular weight is 394 g/mol. The number of hydrogen-bond acceptors (Lipinski definition) is 4. The van der Waals surface area contributed by atoms with Crippen LogP contribution in [0.1, 0.15) is 39.3 Å². The maximum atomic E-state index is 12.3. The Bertz CT molecular complexity index is 715. The first-order valence-corrected chi connectivity index (χ1v) is 9.54. The predicted molar refractivity (Wildman–Crippen MR) is 109 cm³/mol. The molecule has 7 heteroatoms. The molecule has 5 nitrogen and oxygen atoms in total. The number of hydrogen-bond donors (Lipinski definition) is 3. The van der Waals surface area contributed by atoms with Crippen LogP contribution in [0.4, 0.5) is 5.69 Å². The van der Waals surface area contributed by atoms with Gasteiger partial charge in [-0.15, -0.1) is 23.7 Å². The average Bonchev–Trinajstić information content (AvgIpc) is 3.18. The predicted octanol–water partition coefficient (Wildman–Crippen LogP) is 3.54. The molecule has 0 aliphatic carbocycles. The van der Waals surface area contributed by atoms with Gasteiger partial charge in [-0.25, -0.2) is 0 Å². The topological polar surface area (TPSA) is 70.2 Å². The Morgan fingerprint density at radius 1 is 1.19 bits per heavy atom. The first-order chi connectivity index (χ1) is 12.2. The summed E-state index contributed by atoms with van der Waals surface area (Å²) >= 11 is 1.39. The summed E-state index contributed by atoms with van der Waals surface area (Å²) in [5.74, 6) is 0.388. The summed E-state index contributed by atoms with van der Waals surface area (Å²) in [6, 6.07) is 10.7. The minimum Gasteiger partial charge on any atom is -0.352 e. The molecule has 2 amide bonds. The van der Waals surface area contributed by atoms with E-state index in [9.17, 15) is 9.59 Å². The normalized spacial score (nSPS) is 16.4. The number of anilines is 1. The Hall–Kier alpha value is -1.89. The van der Waals surface area contributed by atoms with Crippen molar-refractivity contribution in [3.8, 4) is 0 Å². The van der Waals surface area contributed by atoms with Crippen molar-refractivity contribution in [1.82, 2.24) is 10.6 Å². The molecule has 0 radical (unpaired) electrons. The van der Waals surface area contributed by atoms with Gasteiger partial charge in [0.2, 0.25) is 0 Å². The molecule has 1 saturated heterocycles. The molecule has 0 spiro atoms. The van der Waals surface area contributed by atoms with Crippen molar-refractivity contribution in [1.29, 1.82) is 0 Å². The number of carbonyl (C=O) groups is 2. The summed E-state index contributed by atoms with van der Waals surface area (Å²) < 4.78 is 0. The van der Waals surface area contributed by atoms with E-state index in [2.05, 4.69) is 16.0 Å². The summed E-state index contributed by atoms with van der Waals surface area (Å²) in [4.78, 5) is 25.1. The zero-order valence-corrected chi connectivity index (χ0v) is 16.1. The maximum absolute atomic E-state index is 12.3. The van der Waals surface area contributed by atoms with Crippen molar-refractivity contribution in [3.05, 3.63) is 52.2 Å². The number of piperidine rings is 1. The van der Waals surface area contributed by atoms with Crippen LogP contribution in [0, 0.1) is 5.92 Å². The van der Waals surface area contributed by atoms with E-state index in [1.165, 1.54) is 24.2 Å². The van der Waals surface area contributed by atoms with E-state index >= 15 is 0 Å².